The summed E-state index contributed by atoms with van der Waals surface area (Å²) in [5, 5.41) is 3.68. The van der Waals surface area contributed by atoms with Gasteiger partial charge in [-0.25, -0.2) is 0 Å². The van der Waals surface area contributed by atoms with E-state index in [4.69, 9.17) is 4.74 Å². The van der Waals surface area contributed by atoms with Gasteiger partial charge in [-0.05, 0) is 35.6 Å². The van der Waals surface area contributed by atoms with Crippen LogP contribution in [0, 0.1) is 5.92 Å². The fourth-order valence-corrected chi connectivity index (χ4v) is 2.52. The zero-order valence-electron chi connectivity index (χ0n) is 13.2. The summed E-state index contributed by atoms with van der Waals surface area (Å²) in [5.41, 5.74) is 2.60. The predicted molar refractivity (Wildman–Crippen MR) is 88.5 cm³/mol. The highest BCUT2D eigenvalue weighted by atomic mass is 16.5. The van der Waals surface area contributed by atoms with Gasteiger partial charge in [-0.3, -0.25) is 0 Å². The van der Waals surface area contributed by atoms with E-state index in [-0.39, 0.29) is 0 Å². The van der Waals surface area contributed by atoms with Crippen LogP contribution in [0.1, 0.15) is 37.4 Å². The van der Waals surface area contributed by atoms with Crippen LogP contribution in [0.4, 0.5) is 0 Å². The van der Waals surface area contributed by atoms with Gasteiger partial charge < -0.3 is 10.1 Å². The minimum Gasteiger partial charge on any atom is -0.497 e. The minimum absolute atomic E-state index is 0.386. The Morgan fingerprint density at radius 2 is 1.76 bits per heavy atom. The molecule has 1 N–H and O–H groups in total. The molecule has 0 spiro atoms. The lowest BCUT2D eigenvalue weighted by Gasteiger charge is -2.21. The Labute approximate surface area is 128 Å². The molecule has 1 unspecified atom stereocenters. The standard InChI is InChI=1S/C19H25NO/c1-15(2)12-19(17-9-5-4-6-10-17)20-14-16-8-7-11-18(13-16)21-3/h4-11,13,15,19-20H,12,14H2,1-3H3. The van der Waals surface area contributed by atoms with E-state index in [9.17, 15) is 0 Å². The smallest absolute Gasteiger partial charge is 0.119 e. The molecular formula is C19H25NO. The van der Waals surface area contributed by atoms with Gasteiger partial charge in [0, 0.05) is 12.6 Å². The fourth-order valence-electron chi connectivity index (χ4n) is 2.52. The zero-order chi connectivity index (χ0) is 15.1. The zero-order valence-corrected chi connectivity index (χ0v) is 13.2. The first-order valence-electron chi connectivity index (χ1n) is 7.60. The van der Waals surface area contributed by atoms with Crippen LogP contribution in [-0.4, -0.2) is 7.11 Å². The van der Waals surface area contributed by atoms with Crippen molar-refractivity contribution in [3.8, 4) is 5.75 Å². The van der Waals surface area contributed by atoms with Crippen LogP contribution in [-0.2, 0) is 6.54 Å². The first kappa shape index (κ1) is 15.6. The molecule has 2 nitrogen and oxygen atoms in total. The molecule has 0 saturated heterocycles. The van der Waals surface area contributed by atoms with Gasteiger partial charge in [0.05, 0.1) is 7.11 Å². The molecule has 0 saturated carbocycles. The Kier molecular flexibility index (Phi) is 5.82. The number of nitrogens with one attached hydrogen (secondary N) is 1. The lowest BCUT2D eigenvalue weighted by Crippen LogP contribution is -2.22. The van der Waals surface area contributed by atoms with Crippen LogP contribution in [0.2, 0.25) is 0 Å². The first-order chi connectivity index (χ1) is 10.2. The largest absolute Gasteiger partial charge is 0.497 e. The summed E-state index contributed by atoms with van der Waals surface area (Å²) >= 11 is 0. The Balaban J connectivity index is 2.05. The Morgan fingerprint density at radius 3 is 2.43 bits per heavy atom. The van der Waals surface area contributed by atoms with E-state index in [1.54, 1.807) is 7.11 Å². The number of methoxy groups -OCH3 is 1. The van der Waals surface area contributed by atoms with Gasteiger partial charge in [0.2, 0.25) is 0 Å². The van der Waals surface area contributed by atoms with Crippen molar-refractivity contribution in [2.75, 3.05) is 7.11 Å². The van der Waals surface area contributed by atoms with Gasteiger partial charge in [-0.1, -0.05) is 56.3 Å². The van der Waals surface area contributed by atoms with Crippen LogP contribution in [0.3, 0.4) is 0 Å². The van der Waals surface area contributed by atoms with Crippen molar-refractivity contribution in [2.45, 2.75) is 32.9 Å². The summed E-state index contributed by atoms with van der Waals surface area (Å²) in [4.78, 5) is 0. The SMILES string of the molecule is COc1cccc(CNC(CC(C)C)c2ccccc2)c1. The maximum atomic E-state index is 5.28. The molecule has 0 aliphatic rings. The first-order valence-corrected chi connectivity index (χ1v) is 7.60. The summed E-state index contributed by atoms with van der Waals surface area (Å²) in [5.74, 6) is 1.57. The summed E-state index contributed by atoms with van der Waals surface area (Å²) in [6.07, 6.45) is 1.13. The Bertz CT molecular complexity index is 536. The van der Waals surface area contributed by atoms with E-state index >= 15 is 0 Å². The summed E-state index contributed by atoms with van der Waals surface area (Å²) in [6, 6.07) is 19.3. The number of hydrogen-bond donors (Lipinski definition) is 1. The molecule has 0 aliphatic carbocycles. The van der Waals surface area contributed by atoms with Crippen molar-refractivity contribution >= 4 is 0 Å². The van der Waals surface area contributed by atoms with Crippen molar-refractivity contribution in [3.63, 3.8) is 0 Å². The highest BCUT2D eigenvalue weighted by Crippen LogP contribution is 2.22. The molecule has 0 heterocycles. The monoisotopic (exact) mass is 283 g/mol. The van der Waals surface area contributed by atoms with E-state index < -0.39 is 0 Å². The average molecular weight is 283 g/mol. The molecule has 0 bridgehead atoms. The molecule has 21 heavy (non-hydrogen) atoms. The second kappa shape index (κ2) is 7.84. The number of ether oxygens (including phenoxy) is 1. The van der Waals surface area contributed by atoms with E-state index in [2.05, 4.69) is 61.6 Å². The Hall–Kier alpha value is -1.80. The van der Waals surface area contributed by atoms with E-state index in [1.807, 2.05) is 12.1 Å². The van der Waals surface area contributed by atoms with Gasteiger partial charge in [0.25, 0.3) is 0 Å². The molecule has 2 rings (SSSR count). The fraction of sp³-hybridized carbons (Fsp3) is 0.368. The van der Waals surface area contributed by atoms with Crippen molar-refractivity contribution < 1.29 is 4.74 Å². The molecule has 0 amide bonds. The van der Waals surface area contributed by atoms with Gasteiger partial charge in [-0.15, -0.1) is 0 Å². The lowest BCUT2D eigenvalue weighted by molar-refractivity contribution is 0.411. The maximum Gasteiger partial charge on any atom is 0.119 e. The van der Waals surface area contributed by atoms with Crippen LogP contribution >= 0.6 is 0 Å². The molecule has 0 aliphatic heterocycles. The maximum absolute atomic E-state index is 5.28. The summed E-state index contributed by atoms with van der Waals surface area (Å²) in [6.45, 7) is 5.38. The molecule has 112 valence electrons. The van der Waals surface area contributed by atoms with Crippen molar-refractivity contribution in [3.05, 3.63) is 65.7 Å². The van der Waals surface area contributed by atoms with Gasteiger partial charge >= 0.3 is 0 Å². The third kappa shape index (κ3) is 4.91. The number of benzene rings is 2. The van der Waals surface area contributed by atoms with Crippen molar-refractivity contribution in [1.82, 2.24) is 5.32 Å². The third-order valence-corrected chi connectivity index (χ3v) is 3.60. The molecule has 0 radical (unpaired) electrons. The molecule has 1 atom stereocenters. The molecule has 2 aromatic rings. The minimum atomic E-state index is 0.386. The van der Waals surface area contributed by atoms with Gasteiger partial charge in [0.1, 0.15) is 5.75 Å². The number of hydrogen-bond acceptors (Lipinski definition) is 2. The molecular weight excluding hydrogens is 258 g/mol. The van der Waals surface area contributed by atoms with Crippen LogP contribution in [0.15, 0.2) is 54.6 Å². The lowest BCUT2D eigenvalue weighted by atomic mass is 9.97. The average Bonchev–Trinajstić information content (AvgIpc) is 2.52. The highest BCUT2D eigenvalue weighted by Gasteiger charge is 2.12. The van der Waals surface area contributed by atoms with Gasteiger partial charge in [0.15, 0.2) is 0 Å². The quantitative estimate of drug-likeness (QED) is 0.803. The molecule has 2 heteroatoms. The molecule has 0 fully saturated rings. The third-order valence-electron chi connectivity index (χ3n) is 3.60. The normalized spacial score (nSPS) is 12.4. The summed E-state index contributed by atoms with van der Waals surface area (Å²) in [7, 11) is 1.71. The van der Waals surface area contributed by atoms with Crippen LogP contribution < -0.4 is 10.1 Å². The highest BCUT2D eigenvalue weighted by molar-refractivity contribution is 5.28. The molecule has 2 aromatic carbocycles. The van der Waals surface area contributed by atoms with Crippen molar-refractivity contribution in [1.29, 1.82) is 0 Å². The second-order valence-electron chi connectivity index (χ2n) is 5.83. The van der Waals surface area contributed by atoms with E-state index in [0.717, 1.165) is 18.7 Å². The van der Waals surface area contributed by atoms with Crippen LogP contribution in [0.5, 0.6) is 5.75 Å². The van der Waals surface area contributed by atoms with E-state index in [0.29, 0.717) is 12.0 Å². The number of rotatable bonds is 7. The Morgan fingerprint density at radius 1 is 1.00 bits per heavy atom. The van der Waals surface area contributed by atoms with Crippen LogP contribution in [0.25, 0.3) is 0 Å². The van der Waals surface area contributed by atoms with E-state index in [1.165, 1.54) is 11.1 Å². The topological polar surface area (TPSA) is 21.3 Å². The second-order valence-corrected chi connectivity index (χ2v) is 5.83. The molecule has 0 aromatic heterocycles. The summed E-state index contributed by atoms with van der Waals surface area (Å²) < 4.78 is 5.28. The van der Waals surface area contributed by atoms with Crippen molar-refractivity contribution in [2.24, 2.45) is 5.92 Å². The predicted octanol–water partition coefficient (Wildman–Crippen LogP) is 4.57. The van der Waals surface area contributed by atoms with Gasteiger partial charge in [-0.2, -0.15) is 0 Å².